The van der Waals surface area contributed by atoms with E-state index in [1.165, 1.54) is 11.8 Å². The van der Waals surface area contributed by atoms with Crippen molar-refractivity contribution in [2.75, 3.05) is 5.75 Å². The molecule has 0 spiro atoms. The maximum atomic E-state index is 10.8. The van der Waals surface area contributed by atoms with Crippen LogP contribution in [0.15, 0.2) is 33.9 Å². The van der Waals surface area contributed by atoms with Crippen LogP contribution in [-0.4, -0.2) is 31.6 Å². The van der Waals surface area contributed by atoms with E-state index in [-0.39, 0.29) is 5.75 Å². The average Bonchev–Trinajstić information content (AvgIpc) is 3.22. The van der Waals surface area contributed by atoms with Crippen molar-refractivity contribution in [3.05, 3.63) is 40.1 Å². The fourth-order valence-corrected chi connectivity index (χ4v) is 3.20. The number of aliphatic carboxylic acids is 1. The number of aromatic nitrogens is 3. The normalized spacial score (nSPS) is 14.3. The second kappa shape index (κ2) is 6.19. The topological polar surface area (TPSA) is 68.0 Å². The average molecular weight is 368 g/mol. The summed E-state index contributed by atoms with van der Waals surface area (Å²) in [6.07, 6.45) is 2.27. The van der Waals surface area contributed by atoms with Crippen LogP contribution in [0.4, 0.5) is 0 Å². The summed E-state index contributed by atoms with van der Waals surface area (Å²) in [5.41, 5.74) is 1.14. The monoisotopic (exact) mass is 367 g/mol. The first-order valence-electron chi connectivity index (χ1n) is 6.66. The number of carbonyl (C=O) groups is 1. The minimum Gasteiger partial charge on any atom is -0.481 e. The molecule has 7 heteroatoms. The summed E-state index contributed by atoms with van der Waals surface area (Å²) in [4.78, 5) is 10.8. The second-order valence-corrected chi connectivity index (χ2v) is 6.77. The largest absolute Gasteiger partial charge is 0.481 e. The molecule has 0 unspecified atom stereocenters. The van der Waals surface area contributed by atoms with Gasteiger partial charge in [0.1, 0.15) is 5.82 Å². The summed E-state index contributed by atoms with van der Waals surface area (Å²) in [5, 5.41) is 18.0. The van der Waals surface area contributed by atoms with Crippen LogP contribution in [-0.2, 0) is 11.3 Å². The molecule has 3 rings (SSSR count). The van der Waals surface area contributed by atoms with Gasteiger partial charge in [0.15, 0.2) is 5.16 Å². The van der Waals surface area contributed by atoms with Gasteiger partial charge >= 0.3 is 5.97 Å². The number of thioether (sulfide) groups is 1. The molecule has 2 aromatic rings. The van der Waals surface area contributed by atoms with Gasteiger partial charge in [-0.15, -0.1) is 10.2 Å². The Morgan fingerprint density at radius 1 is 1.38 bits per heavy atom. The van der Waals surface area contributed by atoms with Crippen molar-refractivity contribution in [3.63, 3.8) is 0 Å². The first kappa shape index (κ1) is 14.6. The molecule has 0 bridgehead atoms. The third kappa shape index (κ3) is 3.47. The second-order valence-electron chi connectivity index (χ2n) is 4.98. The maximum Gasteiger partial charge on any atom is 0.313 e. The van der Waals surface area contributed by atoms with Crippen molar-refractivity contribution in [2.24, 2.45) is 0 Å². The van der Waals surface area contributed by atoms with Crippen LogP contribution >= 0.6 is 27.7 Å². The predicted molar refractivity (Wildman–Crippen MR) is 83.6 cm³/mol. The Kier molecular flexibility index (Phi) is 4.30. The minimum absolute atomic E-state index is 0.00123. The molecule has 21 heavy (non-hydrogen) atoms. The van der Waals surface area contributed by atoms with E-state index >= 15 is 0 Å². The minimum atomic E-state index is -0.844. The van der Waals surface area contributed by atoms with E-state index in [0.717, 1.165) is 28.7 Å². The molecule has 0 amide bonds. The van der Waals surface area contributed by atoms with Gasteiger partial charge in [-0.25, -0.2) is 0 Å². The summed E-state index contributed by atoms with van der Waals surface area (Å²) in [6, 6.07) is 8.01. The molecule has 0 atom stereocenters. The van der Waals surface area contributed by atoms with Crippen molar-refractivity contribution in [1.82, 2.24) is 14.8 Å². The highest BCUT2D eigenvalue weighted by Gasteiger charge is 2.30. The summed E-state index contributed by atoms with van der Waals surface area (Å²) in [6.45, 7) is 0.655. The van der Waals surface area contributed by atoms with Gasteiger partial charge in [-0.2, -0.15) is 0 Å². The van der Waals surface area contributed by atoms with Crippen molar-refractivity contribution >= 4 is 33.7 Å². The standard InChI is InChI=1S/C14H14BrN3O2S/c15-11-4-2-1-3-10(11)7-18-13(9-5-6-9)16-17-14(18)21-8-12(19)20/h1-4,9H,5-8H2,(H,19,20). The molecule has 0 aliphatic heterocycles. The number of nitrogens with zero attached hydrogens (tertiary/aromatic N) is 3. The van der Waals surface area contributed by atoms with Crippen LogP contribution < -0.4 is 0 Å². The number of halogens is 1. The smallest absolute Gasteiger partial charge is 0.313 e. The molecule has 1 aromatic carbocycles. The van der Waals surface area contributed by atoms with Crippen molar-refractivity contribution in [2.45, 2.75) is 30.5 Å². The Bertz CT molecular complexity index is 670. The summed E-state index contributed by atoms with van der Waals surface area (Å²) < 4.78 is 3.08. The fraction of sp³-hybridized carbons (Fsp3) is 0.357. The molecule has 1 aromatic heterocycles. The van der Waals surface area contributed by atoms with Crippen LogP contribution in [0.25, 0.3) is 0 Å². The molecular formula is C14H14BrN3O2S. The van der Waals surface area contributed by atoms with Crippen LogP contribution in [0.5, 0.6) is 0 Å². The highest BCUT2D eigenvalue weighted by molar-refractivity contribution is 9.10. The van der Waals surface area contributed by atoms with E-state index in [1.54, 1.807) is 0 Å². The lowest BCUT2D eigenvalue weighted by atomic mass is 10.2. The van der Waals surface area contributed by atoms with Crippen LogP contribution in [0, 0.1) is 0 Å². The number of rotatable bonds is 6. The van der Waals surface area contributed by atoms with E-state index in [0.29, 0.717) is 17.6 Å². The zero-order chi connectivity index (χ0) is 14.8. The number of hydrogen-bond acceptors (Lipinski definition) is 4. The number of carboxylic acid groups (broad SMARTS) is 1. The predicted octanol–water partition coefficient (Wildman–Crippen LogP) is 3.14. The van der Waals surface area contributed by atoms with Crippen molar-refractivity contribution < 1.29 is 9.90 Å². The Morgan fingerprint density at radius 2 is 2.14 bits per heavy atom. The van der Waals surface area contributed by atoms with Gasteiger partial charge in [0, 0.05) is 10.4 Å². The highest BCUT2D eigenvalue weighted by Crippen LogP contribution is 2.40. The first-order chi connectivity index (χ1) is 10.1. The zero-order valence-electron chi connectivity index (χ0n) is 11.2. The Labute approximate surface area is 134 Å². The van der Waals surface area contributed by atoms with Gasteiger partial charge in [0.05, 0.1) is 12.3 Å². The lowest BCUT2D eigenvalue weighted by molar-refractivity contribution is -0.133. The molecule has 1 heterocycles. The molecule has 0 radical (unpaired) electrons. The number of hydrogen-bond donors (Lipinski definition) is 1. The molecule has 110 valence electrons. The van der Waals surface area contributed by atoms with Gasteiger partial charge in [0.2, 0.25) is 0 Å². The molecule has 1 fully saturated rings. The first-order valence-corrected chi connectivity index (χ1v) is 8.44. The van der Waals surface area contributed by atoms with E-state index in [4.69, 9.17) is 5.11 Å². The van der Waals surface area contributed by atoms with E-state index in [2.05, 4.69) is 26.1 Å². The van der Waals surface area contributed by atoms with Gasteiger partial charge < -0.3 is 9.67 Å². The van der Waals surface area contributed by atoms with E-state index in [1.807, 2.05) is 28.8 Å². The Hall–Kier alpha value is -1.34. The summed E-state index contributed by atoms with van der Waals surface area (Å²) in [7, 11) is 0. The van der Waals surface area contributed by atoms with Gasteiger partial charge in [-0.1, -0.05) is 45.9 Å². The van der Waals surface area contributed by atoms with Gasteiger partial charge in [-0.3, -0.25) is 4.79 Å². The lowest BCUT2D eigenvalue weighted by Crippen LogP contribution is -2.08. The summed E-state index contributed by atoms with van der Waals surface area (Å²) >= 11 is 4.77. The van der Waals surface area contributed by atoms with Crippen LogP contribution in [0.2, 0.25) is 0 Å². The zero-order valence-corrected chi connectivity index (χ0v) is 13.6. The number of benzene rings is 1. The highest BCUT2D eigenvalue weighted by atomic mass is 79.9. The number of carboxylic acids is 1. The molecule has 1 saturated carbocycles. The third-order valence-electron chi connectivity index (χ3n) is 3.30. The Morgan fingerprint density at radius 3 is 2.81 bits per heavy atom. The molecule has 0 saturated heterocycles. The molecule has 1 aliphatic rings. The quantitative estimate of drug-likeness (QED) is 0.794. The Balaban J connectivity index is 1.89. The van der Waals surface area contributed by atoms with E-state index < -0.39 is 5.97 Å². The fourth-order valence-electron chi connectivity index (χ4n) is 2.12. The molecule has 5 nitrogen and oxygen atoms in total. The molecular weight excluding hydrogens is 354 g/mol. The van der Waals surface area contributed by atoms with Gasteiger partial charge in [0.25, 0.3) is 0 Å². The van der Waals surface area contributed by atoms with Crippen LogP contribution in [0.1, 0.15) is 30.1 Å². The maximum absolute atomic E-state index is 10.8. The summed E-state index contributed by atoms with van der Waals surface area (Å²) in [5.74, 6) is 0.597. The SMILES string of the molecule is O=C(O)CSc1nnc(C2CC2)n1Cc1ccccc1Br. The van der Waals surface area contributed by atoms with Crippen molar-refractivity contribution in [3.8, 4) is 0 Å². The van der Waals surface area contributed by atoms with E-state index in [9.17, 15) is 4.79 Å². The van der Waals surface area contributed by atoms with Crippen LogP contribution in [0.3, 0.4) is 0 Å². The lowest BCUT2D eigenvalue weighted by Gasteiger charge is -2.10. The third-order valence-corrected chi connectivity index (χ3v) is 5.02. The molecule has 1 aliphatic carbocycles. The van der Waals surface area contributed by atoms with Crippen molar-refractivity contribution in [1.29, 1.82) is 0 Å². The van der Waals surface area contributed by atoms with Gasteiger partial charge in [-0.05, 0) is 24.5 Å². The molecule has 1 N–H and O–H groups in total.